The average molecular weight is 450 g/mol. The molecule has 0 fully saturated rings. The van der Waals surface area contributed by atoms with Gasteiger partial charge in [-0.3, -0.25) is 4.90 Å². The van der Waals surface area contributed by atoms with Crippen molar-refractivity contribution in [2.45, 2.75) is 20.0 Å². The van der Waals surface area contributed by atoms with Crippen LogP contribution in [0.4, 0.5) is 0 Å². The molecule has 1 heterocycles. The Balaban J connectivity index is 1.65. The fraction of sp³-hybridized carbons (Fsp3) is 0.333. The molecule has 1 aliphatic heterocycles. The lowest BCUT2D eigenvalue weighted by Gasteiger charge is -2.20. The first kappa shape index (κ1) is 22.8. The van der Waals surface area contributed by atoms with Gasteiger partial charge in [-0.2, -0.15) is 0 Å². The van der Waals surface area contributed by atoms with Gasteiger partial charge in [0.05, 0.1) is 27.9 Å². The molecule has 0 amide bonds. The number of benzene rings is 3. The van der Waals surface area contributed by atoms with E-state index in [4.69, 9.17) is 23.7 Å². The maximum atomic E-state index is 6.14. The minimum absolute atomic E-state index is 0.599. The van der Waals surface area contributed by atoms with Crippen LogP contribution in [0.25, 0.3) is 11.1 Å². The van der Waals surface area contributed by atoms with Crippen molar-refractivity contribution >= 4 is 0 Å². The van der Waals surface area contributed by atoms with Gasteiger partial charge in [-0.05, 0) is 48.4 Å². The van der Waals surface area contributed by atoms with Crippen LogP contribution in [0.15, 0.2) is 54.6 Å². The molecule has 0 aromatic heterocycles. The number of ether oxygens (including phenoxy) is 5. The summed E-state index contributed by atoms with van der Waals surface area (Å²) < 4.78 is 28.6. The highest BCUT2D eigenvalue weighted by atomic mass is 16.5. The molecular formula is C27H31NO5. The number of rotatable bonds is 8. The molecule has 33 heavy (non-hydrogen) atoms. The van der Waals surface area contributed by atoms with E-state index in [9.17, 15) is 0 Å². The van der Waals surface area contributed by atoms with Crippen LogP contribution in [0.1, 0.15) is 18.1 Å². The van der Waals surface area contributed by atoms with Crippen molar-refractivity contribution in [2.75, 3.05) is 41.1 Å². The normalized spacial score (nSPS) is 13.5. The average Bonchev–Trinajstić information content (AvgIpc) is 3.05. The Kier molecular flexibility index (Phi) is 7.25. The van der Waals surface area contributed by atoms with E-state index >= 15 is 0 Å². The second-order valence-electron chi connectivity index (χ2n) is 7.84. The zero-order chi connectivity index (χ0) is 23.2. The Morgan fingerprint density at radius 2 is 1.70 bits per heavy atom. The molecule has 0 atom stereocenters. The zero-order valence-corrected chi connectivity index (χ0v) is 19.7. The van der Waals surface area contributed by atoms with Crippen LogP contribution in [0.5, 0.6) is 28.7 Å². The van der Waals surface area contributed by atoms with Crippen molar-refractivity contribution in [3.8, 4) is 39.9 Å². The van der Waals surface area contributed by atoms with Crippen molar-refractivity contribution in [3.63, 3.8) is 0 Å². The van der Waals surface area contributed by atoms with Gasteiger partial charge < -0.3 is 23.7 Å². The largest absolute Gasteiger partial charge is 0.494 e. The highest BCUT2D eigenvalue weighted by Gasteiger charge is 2.22. The van der Waals surface area contributed by atoms with Gasteiger partial charge >= 0.3 is 0 Å². The predicted octanol–water partition coefficient (Wildman–Crippen LogP) is 5.17. The Morgan fingerprint density at radius 1 is 0.909 bits per heavy atom. The first-order chi connectivity index (χ1) is 16.2. The molecule has 6 heteroatoms. The van der Waals surface area contributed by atoms with Gasteiger partial charge in [0.25, 0.3) is 0 Å². The molecule has 0 aliphatic carbocycles. The van der Waals surface area contributed by atoms with Crippen LogP contribution >= 0.6 is 0 Å². The summed E-state index contributed by atoms with van der Waals surface area (Å²) in [5.41, 5.74) is 4.25. The molecule has 174 valence electrons. The Hall–Kier alpha value is -3.38. The number of para-hydroxylation sites is 1. The van der Waals surface area contributed by atoms with E-state index in [-0.39, 0.29) is 0 Å². The number of hydrogen-bond acceptors (Lipinski definition) is 6. The lowest BCUT2D eigenvalue weighted by molar-refractivity contribution is 0.217. The molecule has 1 aliphatic rings. The first-order valence-corrected chi connectivity index (χ1v) is 11.2. The molecule has 0 unspecified atom stereocenters. The topological polar surface area (TPSA) is 49.4 Å². The standard InChI is InChI=1S/C27H31NO5/c1-5-32-22-11-9-19(10-12-22)17-28-13-14-33-26-21(18-28)15-20(16-25(26)30-3)23-7-6-8-24(29-2)27(23)31-4/h6-12,15-16H,5,13-14,17-18H2,1-4H3. The molecule has 0 N–H and O–H groups in total. The Bertz CT molecular complexity index is 1080. The van der Waals surface area contributed by atoms with Crippen LogP contribution in [0, 0.1) is 0 Å². The van der Waals surface area contributed by atoms with E-state index in [1.54, 1.807) is 21.3 Å². The molecule has 3 aromatic rings. The van der Waals surface area contributed by atoms with E-state index < -0.39 is 0 Å². The van der Waals surface area contributed by atoms with E-state index in [1.807, 2.05) is 43.3 Å². The number of hydrogen-bond donors (Lipinski definition) is 0. The van der Waals surface area contributed by atoms with Gasteiger partial charge in [0, 0.05) is 30.8 Å². The summed E-state index contributed by atoms with van der Waals surface area (Å²) in [4.78, 5) is 2.38. The second kappa shape index (κ2) is 10.5. The van der Waals surface area contributed by atoms with Gasteiger partial charge in [0.1, 0.15) is 12.4 Å². The minimum Gasteiger partial charge on any atom is -0.494 e. The van der Waals surface area contributed by atoms with Crippen LogP contribution in [-0.2, 0) is 13.1 Å². The summed E-state index contributed by atoms with van der Waals surface area (Å²) in [7, 11) is 4.98. The third-order valence-corrected chi connectivity index (χ3v) is 5.75. The Morgan fingerprint density at radius 3 is 2.39 bits per heavy atom. The SMILES string of the molecule is CCOc1ccc(CN2CCOc3c(cc(-c4cccc(OC)c4OC)cc3OC)C2)cc1. The van der Waals surface area contributed by atoms with Crippen molar-refractivity contribution in [1.82, 2.24) is 4.90 Å². The quantitative estimate of drug-likeness (QED) is 0.473. The lowest BCUT2D eigenvalue weighted by atomic mass is 10.00. The van der Waals surface area contributed by atoms with Crippen LogP contribution in [-0.4, -0.2) is 46.0 Å². The van der Waals surface area contributed by atoms with Crippen LogP contribution in [0.2, 0.25) is 0 Å². The Labute approximate surface area is 195 Å². The molecule has 3 aromatic carbocycles. The van der Waals surface area contributed by atoms with E-state index in [1.165, 1.54) is 5.56 Å². The van der Waals surface area contributed by atoms with Crippen molar-refractivity contribution < 1.29 is 23.7 Å². The van der Waals surface area contributed by atoms with Crippen molar-refractivity contribution in [2.24, 2.45) is 0 Å². The van der Waals surface area contributed by atoms with Crippen molar-refractivity contribution in [1.29, 1.82) is 0 Å². The molecule has 4 rings (SSSR count). The molecule has 0 saturated carbocycles. The number of methoxy groups -OCH3 is 3. The van der Waals surface area contributed by atoms with E-state index in [0.29, 0.717) is 24.7 Å². The van der Waals surface area contributed by atoms with Crippen molar-refractivity contribution in [3.05, 3.63) is 65.7 Å². The maximum Gasteiger partial charge on any atom is 0.168 e. The van der Waals surface area contributed by atoms with Crippen LogP contribution in [0.3, 0.4) is 0 Å². The van der Waals surface area contributed by atoms with Gasteiger partial charge in [-0.15, -0.1) is 0 Å². The monoisotopic (exact) mass is 449 g/mol. The van der Waals surface area contributed by atoms with Gasteiger partial charge in [-0.1, -0.05) is 24.3 Å². The fourth-order valence-electron chi connectivity index (χ4n) is 4.21. The number of nitrogens with zero attached hydrogens (tertiary/aromatic N) is 1. The smallest absolute Gasteiger partial charge is 0.168 e. The molecule has 0 saturated heterocycles. The molecule has 6 nitrogen and oxygen atoms in total. The highest BCUT2D eigenvalue weighted by molar-refractivity contribution is 5.77. The summed E-state index contributed by atoms with van der Waals surface area (Å²) in [6.07, 6.45) is 0. The molecule has 0 spiro atoms. The third kappa shape index (κ3) is 5.01. The predicted molar refractivity (Wildman–Crippen MR) is 129 cm³/mol. The van der Waals surface area contributed by atoms with E-state index in [2.05, 4.69) is 23.1 Å². The second-order valence-corrected chi connectivity index (χ2v) is 7.84. The number of fused-ring (bicyclic) bond motifs is 1. The third-order valence-electron chi connectivity index (χ3n) is 5.75. The minimum atomic E-state index is 0.599. The summed E-state index contributed by atoms with van der Waals surface area (Å²) in [5, 5.41) is 0. The lowest BCUT2D eigenvalue weighted by Crippen LogP contribution is -2.25. The summed E-state index contributed by atoms with van der Waals surface area (Å²) in [5.74, 6) is 3.81. The summed E-state index contributed by atoms with van der Waals surface area (Å²) in [6.45, 7) is 5.66. The highest BCUT2D eigenvalue weighted by Crippen LogP contribution is 2.43. The maximum absolute atomic E-state index is 6.14. The van der Waals surface area contributed by atoms with Gasteiger partial charge in [0.15, 0.2) is 23.0 Å². The molecule has 0 bridgehead atoms. The summed E-state index contributed by atoms with van der Waals surface area (Å²) >= 11 is 0. The summed E-state index contributed by atoms with van der Waals surface area (Å²) in [6, 6.07) is 18.3. The fourth-order valence-corrected chi connectivity index (χ4v) is 4.21. The van der Waals surface area contributed by atoms with Crippen LogP contribution < -0.4 is 23.7 Å². The van der Waals surface area contributed by atoms with Gasteiger partial charge in [0.2, 0.25) is 0 Å². The molecular weight excluding hydrogens is 418 g/mol. The first-order valence-electron chi connectivity index (χ1n) is 11.2. The molecule has 0 radical (unpaired) electrons. The van der Waals surface area contributed by atoms with Gasteiger partial charge in [-0.25, -0.2) is 0 Å². The van der Waals surface area contributed by atoms with E-state index in [0.717, 1.165) is 53.6 Å². The zero-order valence-electron chi connectivity index (χ0n) is 19.7.